The van der Waals surface area contributed by atoms with Gasteiger partial charge in [0, 0.05) is 13.1 Å². The van der Waals surface area contributed by atoms with Gasteiger partial charge in [-0.25, -0.2) is 8.42 Å². The quantitative estimate of drug-likeness (QED) is 0.525. The van der Waals surface area contributed by atoms with Crippen LogP contribution < -0.4 is 9.62 Å². The van der Waals surface area contributed by atoms with Crippen molar-refractivity contribution in [2.75, 3.05) is 23.7 Å². The minimum atomic E-state index is -4.69. The summed E-state index contributed by atoms with van der Waals surface area (Å²) in [5.74, 6) is -0.983. The largest absolute Gasteiger partial charge is 0.416 e. The summed E-state index contributed by atoms with van der Waals surface area (Å²) in [5, 5.41) is 2.75. The molecule has 0 bridgehead atoms. The highest BCUT2D eigenvalue weighted by molar-refractivity contribution is 7.92. The molecule has 2 aromatic rings. The number of benzene rings is 2. The molecule has 7 nitrogen and oxygen atoms in total. The van der Waals surface area contributed by atoms with Gasteiger partial charge >= 0.3 is 6.18 Å². The van der Waals surface area contributed by atoms with Crippen molar-refractivity contribution in [2.45, 2.75) is 39.5 Å². The molecule has 0 heterocycles. The number of alkyl halides is 3. The van der Waals surface area contributed by atoms with Crippen molar-refractivity contribution in [2.24, 2.45) is 5.92 Å². The van der Waals surface area contributed by atoms with E-state index in [2.05, 4.69) is 5.32 Å². The second-order valence-electron chi connectivity index (χ2n) is 8.64. The first kappa shape index (κ1) is 28.2. The van der Waals surface area contributed by atoms with Crippen LogP contribution >= 0.6 is 0 Å². The zero-order valence-electron chi connectivity index (χ0n) is 20.0. The third-order valence-electron chi connectivity index (χ3n) is 5.19. The van der Waals surface area contributed by atoms with Crippen LogP contribution in [0.5, 0.6) is 0 Å². The van der Waals surface area contributed by atoms with Crippen molar-refractivity contribution in [1.29, 1.82) is 0 Å². The first-order valence-electron chi connectivity index (χ1n) is 11.0. The molecular weight excluding hydrogens is 483 g/mol. The van der Waals surface area contributed by atoms with Crippen LogP contribution in [0.2, 0.25) is 0 Å². The van der Waals surface area contributed by atoms with E-state index in [4.69, 9.17) is 0 Å². The van der Waals surface area contributed by atoms with Crippen LogP contribution in [0.3, 0.4) is 0 Å². The van der Waals surface area contributed by atoms with E-state index in [9.17, 15) is 31.2 Å². The zero-order chi connectivity index (χ0) is 26.4. The summed E-state index contributed by atoms with van der Waals surface area (Å²) in [5.41, 5.74) is -0.639. The summed E-state index contributed by atoms with van der Waals surface area (Å²) in [6.45, 7) is 4.97. The van der Waals surface area contributed by atoms with Gasteiger partial charge in [0.1, 0.15) is 12.6 Å². The Labute approximate surface area is 204 Å². The standard InChI is InChI=1S/C24H30F3N3O4S/c1-17(2)14-28-23(32)18(3)29(15-19-9-6-5-7-10-19)22(31)16-30(35(4,33)34)21-12-8-11-20(13-21)24(25,26)27/h5-13,17-18H,14-16H2,1-4H3,(H,28,32). The monoisotopic (exact) mass is 513 g/mol. The molecule has 0 aliphatic rings. The lowest BCUT2D eigenvalue weighted by Gasteiger charge is -2.31. The molecule has 0 fully saturated rings. The van der Waals surface area contributed by atoms with Crippen LogP contribution in [0.4, 0.5) is 18.9 Å². The normalized spacial score (nSPS) is 12.8. The number of anilines is 1. The topological polar surface area (TPSA) is 86.8 Å². The lowest BCUT2D eigenvalue weighted by atomic mass is 10.1. The van der Waals surface area contributed by atoms with Gasteiger partial charge in [0.2, 0.25) is 21.8 Å². The molecule has 0 aliphatic heterocycles. The van der Waals surface area contributed by atoms with Gasteiger partial charge in [0.05, 0.1) is 17.5 Å². The van der Waals surface area contributed by atoms with Crippen LogP contribution in [0.1, 0.15) is 31.9 Å². The third kappa shape index (κ3) is 8.27. The summed E-state index contributed by atoms with van der Waals surface area (Å²) in [4.78, 5) is 27.3. The average Bonchev–Trinajstić information content (AvgIpc) is 2.78. The SMILES string of the molecule is CC(C)CNC(=O)C(C)N(Cc1ccccc1)C(=O)CN(c1cccc(C(F)(F)F)c1)S(C)(=O)=O. The minimum absolute atomic E-state index is 0.0101. The molecule has 0 saturated carbocycles. The summed E-state index contributed by atoms with van der Waals surface area (Å²) in [6.07, 6.45) is -3.88. The maximum Gasteiger partial charge on any atom is 0.416 e. The van der Waals surface area contributed by atoms with Crippen LogP contribution in [-0.2, 0) is 32.3 Å². The van der Waals surface area contributed by atoms with Crippen molar-refractivity contribution >= 4 is 27.5 Å². The van der Waals surface area contributed by atoms with Crippen molar-refractivity contribution in [3.05, 3.63) is 65.7 Å². The number of halogens is 3. The molecular formula is C24H30F3N3O4S. The lowest BCUT2D eigenvalue weighted by molar-refractivity contribution is -0.139. The molecule has 0 saturated heterocycles. The fourth-order valence-corrected chi connectivity index (χ4v) is 4.11. The number of rotatable bonds is 10. The number of hydrogen-bond donors (Lipinski definition) is 1. The molecule has 0 spiro atoms. The zero-order valence-corrected chi connectivity index (χ0v) is 20.9. The van der Waals surface area contributed by atoms with E-state index in [1.165, 1.54) is 17.9 Å². The first-order chi connectivity index (χ1) is 16.2. The molecule has 35 heavy (non-hydrogen) atoms. The van der Waals surface area contributed by atoms with E-state index in [1.807, 2.05) is 13.8 Å². The molecule has 1 atom stereocenters. The average molecular weight is 514 g/mol. The molecule has 0 aliphatic carbocycles. The van der Waals surface area contributed by atoms with Gasteiger partial charge in [-0.05, 0) is 36.6 Å². The summed E-state index contributed by atoms with van der Waals surface area (Å²) >= 11 is 0. The van der Waals surface area contributed by atoms with Crippen LogP contribution in [-0.4, -0.2) is 50.5 Å². The Morgan fingerprint density at radius 1 is 1.00 bits per heavy atom. The van der Waals surface area contributed by atoms with E-state index in [1.54, 1.807) is 30.3 Å². The lowest BCUT2D eigenvalue weighted by Crippen LogP contribution is -2.51. The highest BCUT2D eigenvalue weighted by atomic mass is 32.2. The van der Waals surface area contributed by atoms with Crippen molar-refractivity contribution < 1.29 is 31.2 Å². The number of carbonyl (C=O) groups excluding carboxylic acids is 2. The summed E-state index contributed by atoms with van der Waals surface area (Å²) in [7, 11) is -4.13. The van der Waals surface area contributed by atoms with Crippen LogP contribution in [0.25, 0.3) is 0 Å². The Bertz CT molecular complexity index is 1120. The second-order valence-corrected chi connectivity index (χ2v) is 10.5. The Kier molecular flexibility index (Phi) is 9.31. The number of hydrogen-bond acceptors (Lipinski definition) is 4. The van der Waals surface area contributed by atoms with Gasteiger partial charge in [-0.15, -0.1) is 0 Å². The van der Waals surface area contributed by atoms with Gasteiger partial charge in [-0.2, -0.15) is 13.2 Å². The molecule has 2 aromatic carbocycles. The van der Waals surface area contributed by atoms with E-state index in [0.29, 0.717) is 22.5 Å². The minimum Gasteiger partial charge on any atom is -0.354 e. The number of sulfonamides is 1. The van der Waals surface area contributed by atoms with Gasteiger partial charge in [0.15, 0.2) is 0 Å². The third-order valence-corrected chi connectivity index (χ3v) is 6.33. The summed E-state index contributed by atoms with van der Waals surface area (Å²) in [6, 6.07) is 11.6. The number of carbonyl (C=O) groups is 2. The summed E-state index contributed by atoms with van der Waals surface area (Å²) < 4.78 is 65.2. The Hall–Kier alpha value is -3.08. The van der Waals surface area contributed by atoms with Gasteiger partial charge in [-0.1, -0.05) is 50.2 Å². The Morgan fingerprint density at radius 2 is 1.63 bits per heavy atom. The maximum absolute atomic E-state index is 13.4. The van der Waals surface area contributed by atoms with Crippen molar-refractivity contribution in [3.63, 3.8) is 0 Å². The smallest absolute Gasteiger partial charge is 0.354 e. The van der Waals surface area contributed by atoms with E-state index in [-0.39, 0.29) is 18.2 Å². The van der Waals surface area contributed by atoms with Gasteiger partial charge in [-0.3, -0.25) is 13.9 Å². The number of nitrogens with one attached hydrogen (secondary N) is 1. The highest BCUT2D eigenvalue weighted by Gasteiger charge is 2.33. The molecule has 2 amide bonds. The van der Waals surface area contributed by atoms with Crippen molar-refractivity contribution in [3.8, 4) is 0 Å². The predicted molar refractivity (Wildman–Crippen MR) is 128 cm³/mol. The Morgan fingerprint density at radius 3 is 2.17 bits per heavy atom. The fraction of sp³-hybridized carbons (Fsp3) is 0.417. The fourth-order valence-electron chi connectivity index (χ4n) is 3.27. The molecule has 0 aromatic heterocycles. The van der Waals surface area contributed by atoms with Gasteiger partial charge in [0.25, 0.3) is 0 Å². The first-order valence-corrected chi connectivity index (χ1v) is 12.8. The van der Waals surface area contributed by atoms with Crippen molar-refractivity contribution in [1.82, 2.24) is 10.2 Å². The number of amides is 2. The highest BCUT2D eigenvalue weighted by Crippen LogP contribution is 2.32. The molecule has 11 heteroatoms. The number of nitrogens with zero attached hydrogens (tertiary/aromatic N) is 2. The molecule has 192 valence electrons. The van der Waals surface area contributed by atoms with Crippen LogP contribution in [0.15, 0.2) is 54.6 Å². The second kappa shape index (κ2) is 11.6. The van der Waals surface area contributed by atoms with Crippen LogP contribution in [0, 0.1) is 5.92 Å². The van der Waals surface area contributed by atoms with E-state index >= 15 is 0 Å². The molecule has 0 radical (unpaired) electrons. The maximum atomic E-state index is 13.4. The Balaban J connectivity index is 2.39. The molecule has 1 unspecified atom stereocenters. The molecule has 2 rings (SSSR count). The van der Waals surface area contributed by atoms with E-state index < -0.39 is 46.2 Å². The molecule has 1 N–H and O–H groups in total. The van der Waals surface area contributed by atoms with E-state index in [0.717, 1.165) is 18.4 Å². The predicted octanol–water partition coefficient (Wildman–Crippen LogP) is 3.66. The van der Waals surface area contributed by atoms with Gasteiger partial charge < -0.3 is 10.2 Å².